The van der Waals surface area contributed by atoms with Crippen LogP contribution in [0.2, 0.25) is 0 Å². The fraction of sp³-hybridized carbons (Fsp3) is 0.867. The Kier molecular flexibility index (Phi) is 3.53. The third-order valence-electron chi connectivity index (χ3n) is 4.42. The molecule has 0 amide bonds. The van der Waals surface area contributed by atoms with Crippen molar-refractivity contribution in [1.29, 1.82) is 0 Å². The van der Waals surface area contributed by atoms with Crippen LogP contribution in [0.1, 0.15) is 59.8 Å². The molecular formula is C15H26O2. The van der Waals surface area contributed by atoms with Crippen LogP contribution >= 0.6 is 0 Å². The van der Waals surface area contributed by atoms with Crippen molar-refractivity contribution in [3.63, 3.8) is 0 Å². The molecule has 0 radical (unpaired) electrons. The Labute approximate surface area is 105 Å². The summed E-state index contributed by atoms with van der Waals surface area (Å²) in [4.78, 5) is 0. The van der Waals surface area contributed by atoms with Gasteiger partial charge < -0.3 is 9.84 Å². The molecule has 2 aliphatic rings. The topological polar surface area (TPSA) is 32.8 Å². The van der Waals surface area contributed by atoms with Gasteiger partial charge in [-0.15, -0.1) is 0 Å². The molecule has 2 rings (SSSR count). The number of ether oxygens (including phenoxy) is 1. The number of rotatable bonds is 0. The van der Waals surface area contributed by atoms with Crippen LogP contribution in [0.15, 0.2) is 11.5 Å². The minimum absolute atomic E-state index is 0.186. The molecule has 98 valence electrons. The van der Waals surface area contributed by atoms with Gasteiger partial charge in [-0.25, -0.2) is 0 Å². The first-order valence-electron chi connectivity index (χ1n) is 6.98. The smallest absolute Gasteiger partial charge is 0.147 e. The van der Waals surface area contributed by atoms with Crippen molar-refractivity contribution in [2.75, 3.05) is 0 Å². The Balaban J connectivity index is 2.07. The lowest BCUT2D eigenvalue weighted by molar-refractivity contribution is 0.0950. The number of hydrogen-bond donors (Lipinski definition) is 1. The van der Waals surface area contributed by atoms with E-state index in [1.54, 1.807) is 0 Å². The first kappa shape index (κ1) is 12.9. The number of hydrogen-bond acceptors (Lipinski definition) is 2. The van der Waals surface area contributed by atoms with E-state index in [9.17, 15) is 5.11 Å². The molecule has 2 nitrogen and oxygen atoms in total. The second kappa shape index (κ2) is 4.64. The molecule has 0 saturated heterocycles. The number of aliphatic hydroxyl groups is 1. The maximum atomic E-state index is 10.2. The summed E-state index contributed by atoms with van der Waals surface area (Å²) < 4.78 is 5.57. The average Bonchev–Trinajstić information content (AvgIpc) is 3.00. The lowest BCUT2D eigenvalue weighted by Gasteiger charge is -2.27. The quantitative estimate of drug-likeness (QED) is 0.695. The van der Waals surface area contributed by atoms with Gasteiger partial charge in [-0.05, 0) is 37.0 Å². The van der Waals surface area contributed by atoms with Crippen molar-refractivity contribution < 1.29 is 9.84 Å². The first-order chi connectivity index (χ1) is 7.89. The van der Waals surface area contributed by atoms with Gasteiger partial charge in [0.05, 0.1) is 6.10 Å². The van der Waals surface area contributed by atoms with Crippen LogP contribution in [-0.4, -0.2) is 11.2 Å². The van der Waals surface area contributed by atoms with Crippen LogP contribution in [0.5, 0.6) is 0 Å². The second-order valence-corrected chi connectivity index (χ2v) is 6.80. The van der Waals surface area contributed by atoms with E-state index in [1.165, 1.54) is 12.8 Å². The van der Waals surface area contributed by atoms with Gasteiger partial charge in [0, 0.05) is 12.3 Å². The van der Waals surface area contributed by atoms with Crippen LogP contribution in [-0.2, 0) is 4.74 Å². The SMILES string of the molecule is CC1CCC(C)(C)CCC(O)C(C)C2=C(C1)O2. The molecule has 1 aliphatic heterocycles. The predicted octanol–water partition coefficient (Wildman–Crippen LogP) is 3.85. The van der Waals surface area contributed by atoms with Crippen molar-refractivity contribution in [1.82, 2.24) is 0 Å². The maximum Gasteiger partial charge on any atom is 0.147 e. The van der Waals surface area contributed by atoms with Gasteiger partial charge in [-0.3, -0.25) is 0 Å². The Morgan fingerprint density at radius 1 is 1.18 bits per heavy atom. The Bertz CT molecular complexity index is 317. The number of allylic oxidation sites excluding steroid dienone is 1. The third-order valence-corrected chi connectivity index (χ3v) is 4.42. The molecule has 0 aromatic carbocycles. The van der Waals surface area contributed by atoms with Gasteiger partial charge in [0.2, 0.25) is 0 Å². The molecule has 1 N–H and O–H groups in total. The first-order valence-corrected chi connectivity index (χ1v) is 6.98. The van der Waals surface area contributed by atoms with Gasteiger partial charge in [0.15, 0.2) is 0 Å². The predicted molar refractivity (Wildman–Crippen MR) is 69.3 cm³/mol. The Morgan fingerprint density at radius 3 is 2.53 bits per heavy atom. The van der Waals surface area contributed by atoms with E-state index in [0.717, 1.165) is 30.8 Å². The summed E-state index contributed by atoms with van der Waals surface area (Å²) in [5, 5.41) is 10.2. The molecule has 0 spiro atoms. The van der Waals surface area contributed by atoms with Crippen LogP contribution < -0.4 is 0 Å². The summed E-state index contributed by atoms with van der Waals surface area (Å²) in [6, 6.07) is 0. The summed E-state index contributed by atoms with van der Waals surface area (Å²) in [6.07, 6.45) is 5.32. The highest BCUT2D eigenvalue weighted by Gasteiger charge is 2.36. The van der Waals surface area contributed by atoms with Crippen LogP contribution in [0.25, 0.3) is 0 Å². The minimum Gasteiger partial charge on any atom is -0.459 e. The van der Waals surface area contributed by atoms with Crippen molar-refractivity contribution in [2.24, 2.45) is 17.3 Å². The lowest BCUT2D eigenvalue weighted by atomic mass is 9.79. The summed E-state index contributed by atoms with van der Waals surface area (Å²) in [5.41, 5.74) is 0.361. The van der Waals surface area contributed by atoms with Gasteiger partial charge in [-0.2, -0.15) is 0 Å². The lowest BCUT2D eigenvalue weighted by Crippen LogP contribution is -2.21. The molecule has 0 bridgehead atoms. The van der Waals surface area contributed by atoms with E-state index < -0.39 is 0 Å². The Hall–Kier alpha value is -0.500. The molecule has 0 aromatic heterocycles. The van der Waals surface area contributed by atoms with Crippen LogP contribution in [0.4, 0.5) is 0 Å². The van der Waals surface area contributed by atoms with Crippen LogP contribution in [0.3, 0.4) is 0 Å². The average molecular weight is 238 g/mol. The molecular weight excluding hydrogens is 212 g/mol. The molecule has 3 unspecified atom stereocenters. The Morgan fingerprint density at radius 2 is 1.82 bits per heavy atom. The summed E-state index contributed by atoms with van der Waals surface area (Å²) in [6.45, 7) is 9.04. The van der Waals surface area contributed by atoms with E-state index in [4.69, 9.17) is 4.74 Å². The van der Waals surface area contributed by atoms with Crippen molar-refractivity contribution in [3.05, 3.63) is 11.5 Å². The molecule has 0 fully saturated rings. The van der Waals surface area contributed by atoms with E-state index in [0.29, 0.717) is 11.3 Å². The zero-order valence-corrected chi connectivity index (χ0v) is 11.6. The highest BCUT2D eigenvalue weighted by molar-refractivity contribution is 5.21. The monoisotopic (exact) mass is 238 g/mol. The molecule has 0 aromatic rings. The standard InChI is InChI=1S/C15H26O2/c1-10-5-7-15(3,4)8-6-12(16)11(2)14-13(9-10)17-14/h10-12,16H,5-9H2,1-4H3. The summed E-state index contributed by atoms with van der Waals surface area (Å²) in [7, 11) is 0. The minimum atomic E-state index is -0.241. The molecule has 3 atom stereocenters. The van der Waals surface area contributed by atoms with Gasteiger partial charge >= 0.3 is 0 Å². The van der Waals surface area contributed by atoms with Crippen molar-refractivity contribution in [2.45, 2.75) is 65.9 Å². The summed E-state index contributed by atoms with van der Waals surface area (Å²) in [5.74, 6) is 3.11. The van der Waals surface area contributed by atoms with E-state index in [2.05, 4.69) is 27.7 Å². The van der Waals surface area contributed by atoms with Gasteiger partial charge in [0.1, 0.15) is 11.5 Å². The molecule has 17 heavy (non-hydrogen) atoms. The number of aliphatic hydroxyl groups excluding tert-OH is 1. The van der Waals surface area contributed by atoms with Gasteiger partial charge in [0.25, 0.3) is 0 Å². The zero-order chi connectivity index (χ0) is 12.6. The van der Waals surface area contributed by atoms with Crippen molar-refractivity contribution >= 4 is 0 Å². The zero-order valence-electron chi connectivity index (χ0n) is 11.6. The highest BCUT2D eigenvalue weighted by atomic mass is 16.6. The second-order valence-electron chi connectivity index (χ2n) is 6.80. The molecule has 2 heteroatoms. The molecule has 1 heterocycles. The van der Waals surface area contributed by atoms with E-state index in [1.807, 2.05) is 0 Å². The highest BCUT2D eigenvalue weighted by Crippen LogP contribution is 2.42. The van der Waals surface area contributed by atoms with Gasteiger partial charge in [-0.1, -0.05) is 27.7 Å². The molecule has 1 aliphatic carbocycles. The van der Waals surface area contributed by atoms with E-state index >= 15 is 0 Å². The maximum absolute atomic E-state index is 10.2. The normalized spacial score (nSPS) is 37.8. The van der Waals surface area contributed by atoms with Crippen molar-refractivity contribution in [3.8, 4) is 0 Å². The fourth-order valence-corrected chi connectivity index (χ4v) is 2.74. The molecule has 0 saturated carbocycles. The largest absolute Gasteiger partial charge is 0.459 e. The van der Waals surface area contributed by atoms with E-state index in [-0.39, 0.29) is 12.0 Å². The van der Waals surface area contributed by atoms with Crippen LogP contribution in [0, 0.1) is 17.3 Å². The summed E-state index contributed by atoms with van der Waals surface area (Å²) >= 11 is 0. The third kappa shape index (κ3) is 3.25. The fourth-order valence-electron chi connectivity index (χ4n) is 2.74.